The molecule has 1 amide bonds. The number of nitrogens with one attached hydrogen (secondary N) is 1. The summed E-state index contributed by atoms with van der Waals surface area (Å²) in [5, 5.41) is 13.9. The number of thiophene rings is 1. The van der Waals surface area contributed by atoms with Gasteiger partial charge in [0.2, 0.25) is 5.91 Å². The Bertz CT molecular complexity index is 596. The number of aryl methyl sites for hydroxylation is 1. The van der Waals surface area contributed by atoms with Crippen LogP contribution in [-0.4, -0.2) is 17.0 Å². The molecule has 5 heteroatoms. The van der Waals surface area contributed by atoms with Crippen LogP contribution < -0.4 is 5.32 Å². The summed E-state index contributed by atoms with van der Waals surface area (Å²) in [7, 11) is 0. The molecule has 22 heavy (non-hydrogen) atoms. The molecule has 2 rings (SSSR count). The number of carbonyl (C=O) groups excluding carboxylic acids is 1. The van der Waals surface area contributed by atoms with Crippen LogP contribution in [0.4, 0.5) is 0 Å². The van der Waals surface area contributed by atoms with Crippen LogP contribution in [0, 0.1) is 0 Å². The smallest absolute Gasteiger partial charge is 0.305 e. The second kappa shape index (κ2) is 8.34. The molecule has 0 aliphatic heterocycles. The predicted molar refractivity (Wildman–Crippen MR) is 86.8 cm³/mol. The summed E-state index contributed by atoms with van der Waals surface area (Å²) in [5.41, 5.74) is 0.816. The second-order valence-corrected chi connectivity index (χ2v) is 6.09. The molecule has 1 unspecified atom stereocenters. The van der Waals surface area contributed by atoms with Gasteiger partial charge in [-0.2, -0.15) is 0 Å². The van der Waals surface area contributed by atoms with Crippen molar-refractivity contribution in [1.29, 1.82) is 0 Å². The minimum absolute atomic E-state index is 0.105. The molecule has 116 valence electrons. The number of carbonyl (C=O) groups is 2. The first-order valence-electron chi connectivity index (χ1n) is 7.23. The lowest BCUT2D eigenvalue weighted by molar-refractivity contribution is -0.137. The van der Waals surface area contributed by atoms with E-state index in [-0.39, 0.29) is 12.3 Å². The van der Waals surface area contributed by atoms with E-state index in [1.54, 1.807) is 11.3 Å². The fraction of sp³-hybridized carbons (Fsp3) is 0.294. The molecule has 1 heterocycles. The lowest BCUT2D eigenvalue weighted by Gasteiger charge is -2.17. The van der Waals surface area contributed by atoms with Gasteiger partial charge in [0.1, 0.15) is 0 Å². The molecule has 0 fully saturated rings. The first kappa shape index (κ1) is 16.2. The van der Waals surface area contributed by atoms with Crippen molar-refractivity contribution in [3.8, 4) is 0 Å². The molecule has 1 atom stereocenters. The van der Waals surface area contributed by atoms with Gasteiger partial charge in [0.05, 0.1) is 12.5 Å². The maximum absolute atomic E-state index is 12.0. The Morgan fingerprint density at radius 2 is 1.91 bits per heavy atom. The Labute approximate surface area is 133 Å². The van der Waals surface area contributed by atoms with Crippen molar-refractivity contribution in [2.75, 3.05) is 0 Å². The third-order valence-electron chi connectivity index (χ3n) is 3.32. The van der Waals surface area contributed by atoms with Gasteiger partial charge >= 0.3 is 5.97 Å². The van der Waals surface area contributed by atoms with Crippen molar-refractivity contribution in [3.05, 3.63) is 58.3 Å². The summed E-state index contributed by atoms with van der Waals surface area (Å²) in [5.74, 6) is -1.03. The summed E-state index contributed by atoms with van der Waals surface area (Å²) in [6, 6.07) is 12.8. The van der Waals surface area contributed by atoms with E-state index in [9.17, 15) is 9.59 Å². The van der Waals surface area contributed by atoms with Crippen LogP contribution in [0.1, 0.15) is 35.7 Å². The lowest BCUT2D eigenvalue weighted by atomic mass is 10.0. The maximum atomic E-state index is 12.0. The van der Waals surface area contributed by atoms with Gasteiger partial charge in [-0.05, 0) is 29.9 Å². The summed E-state index contributed by atoms with van der Waals surface area (Å²) < 4.78 is 0. The van der Waals surface area contributed by atoms with Crippen LogP contribution in [0.5, 0.6) is 0 Å². The molecule has 0 radical (unpaired) electrons. The molecule has 0 spiro atoms. The zero-order valence-electron chi connectivity index (χ0n) is 12.2. The fourth-order valence-electron chi connectivity index (χ4n) is 2.26. The number of hydrogen-bond donors (Lipinski definition) is 2. The third kappa shape index (κ3) is 5.33. The van der Waals surface area contributed by atoms with Gasteiger partial charge in [-0.15, -0.1) is 11.3 Å². The Balaban J connectivity index is 1.86. The molecule has 0 aliphatic rings. The van der Waals surface area contributed by atoms with E-state index in [1.807, 2.05) is 41.8 Å². The molecule has 2 N–H and O–H groups in total. The fourth-order valence-corrected chi connectivity index (χ4v) is 3.01. The normalized spacial score (nSPS) is 11.8. The molecule has 1 aromatic heterocycles. The van der Waals surface area contributed by atoms with E-state index in [2.05, 4.69) is 11.4 Å². The minimum Gasteiger partial charge on any atom is -0.481 e. The van der Waals surface area contributed by atoms with Gasteiger partial charge in [0, 0.05) is 11.3 Å². The largest absolute Gasteiger partial charge is 0.481 e. The van der Waals surface area contributed by atoms with E-state index < -0.39 is 12.0 Å². The molecule has 1 aromatic carbocycles. The van der Waals surface area contributed by atoms with Gasteiger partial charge in [-0.3, -0.25) is 9.59 Å². The topological polar surface area (TPSA) is 66.4 Å². The van der Waals surface area contributed by atoms with Gasteiger partial charge in [0.15, 0.2) is 0 Å². The Kier molecular flexibility index (Phi) is 6.15. The van der Waals surface area contributed by atoms with E-state index in [0.717, 1.165) is 18.4 Å². The van der Waals surface area contributed by atoms with Crippen molar-refractivity contribution >= 4 is 23.2 Å². The Morgan fingerprint density at radius 1 is 1.14 bits per heavy atom. The highest BCUT2D eigenvalue weighted by atomic mass is 32.1. The van der Waals surface area contributed by atoms with Crippen molar-refractivity contribution < 1.29 is 14.7 Å². The average molecular weight is 317 g/mol. The summed E-state index contributed by atoms with van der Waals surface area (Å²) in [6.45, 7) is 0. The zero-order chi connectivity index (χ0) is 15.8. The van der Waals surface area contributed by atoms with Gasteiger partial charge in [-0.25, -0.2) is 0 Å². The first-order valence-corrected chi connectivity index (χ1v) is 8.11. The highest BCUT2D eigenvalue weighted by molar-refractivity contribution is 7.09. The number of aliphatic carboxylic acids is 1. The zero-order valence-corrected chi connectivity index (χ0v) is 13.0. The van der Waals surface area contributed by atoms with E-state index in [1.165, 1.54) is 4.88 Å². The minimum atomic E-state index is -0.923. The number of benzene rings is 1. The highest BCUT2D eigenvalue weighted by Gasteiger charge is 2.17. The van der Waals surface area contributed by atoms with Gasteiger partial charge in [-0.1, -0.05) is 36.4 Å². The van der Waals surface area contributed by atoms with E-state index in [0.29, 0.717) is 6.42 Å². The number of amides is 1. The monoisotopic (exact) mass is 317 g/mol. The summed E-state index contributed by atoms with van der Waals surface area (Å²) >= 11 is 1.68. The van der Waals surface area contributed by atoms with Crippen molar-refractivity contribution in [2.45, 2.75) is 31.7 Å². The first-order chi connectivity index (χ1) is 10.6. The standard InChI is InChI=1S/C17H19NO3S/c19-16(10-4-8-14-9-5-11-22-14)18-15(12-17(20)21)13-6-2-1-3-7-13/h1-3,5-7,9,11,15H,4,8,10,12H2,(H,18,19)(H,20,21). The Hall–Kier alpha value is -2.14. The van der Waals surface area contributed by atoms with Crippen LogP contribution >= 0.6 is 11.3 Å². The van der Waals surface area contributed by atoms with Gasteiger partial charge < -0.3 is 10.4 Å². The van der Waals surface area contributed by atoms with Crippen molar-refractivity contribution in [1.82, 2.24) is 5.32 Å². The molecule has 4 nitrogen and oxygen atoms in total. The van der Waals surface area contributed by atoms with Gasteiger partial charge in [0.25, 0.3) is 0 Å². The number of rotatable bonds is 8. The average Bonchev–Trinajstić information content (AvgIpc) is 3.00. The second-order valence-electron chi connectivity index (χ2n) is 5.06. The summed E-state index contributed by atoms with van der Waals surface area (Å²) in [6.07, 6.45) is 1.93. The van der Waals surface area contributed by atoms with Crippen LogP contribution in [-0.2, 0) is 16.0 Å². The molecule has 0 saturated carbocycles. The highest BCUT2D eigenvalue weighted by Crippen LogP contribution is 2.17. The van der Waals surface area contributed by atoms with Crippen LogP contribution in [0.15, 0.2) is 47.8 Å². The molecule has 0 aliphatic carbocycles. The lowest BCUT2D eigenvalue weighted by Crippen LogP contribution is -2.30. The van der Waals surface area contributed by atoms with Crippen LogP contribution in [0.25, 0.3) is 0 Å². The number of hydrogen-bond acceptors (Lipinski definition) is 3. The quantitative estimate of drug-likeness (QED) is 0.784. The molecule has 0 bridgehead atoms. The maximum Gasteiger partial charge on any atom is 0.305 e. The van der Waals surface area contributed by atoms with E-state index >= 15 is 0 Å². The van der Waals surface area contributed by atoms with Crippen molar-refractivity contribution in [2.24, 2.45) is 0 Å². The van der Waals surface area contributed by atoms with Crippen LogP contribution in [0.3, 0.4) is 0 Å². The molecule has 2 aromatic rings. The Morgan fingerprint density at radius 3 is 2.55 bits per heavy atom. The molecule has 0 saturated heterocycles. The summed E-state index contributed by atoms with van der Waals surface area (Å²) in [4.78, 5) is 24.3. The molecular weight excluding hydrogens is 298 g/mol. The van der Waals surface area contributed by atoms with Crippen molar-refractivity contribution in [3.63, 3.8) is 0 Å². The third-order valence-corrected chi connectivity index (χ3v) is 4.26. The molecular formula is C17H19NO3S. The van der Waals surface area contributed by atoms with Crippen LogP contribution in [0.2, 0.25) is 0 Å². The predicted octanol–water partition coefficient (Wildman–Crippen LogP) is 3.40. The number of carboxylic acids is 1. The SMILES string of the molecule is O=C(O)CC(NC(=O)CCCc1cccs1)c1ccccc1. The number of carboxylic acid groups (broad SMARTS) is 1. The van der Waals surface area contributed by atoms with E-state index in [4.69, 9.17) is 5.11 Å².